The van der Waals surface area contributed by atoms with Crippen molar-refractivity contribution in [1.82, 2.24) is 9.21 Å². The van der Waals surface area contributed by atoms with Crippen LogP contribution in [0.25, 0.3) is 6.08 Å². The van der Waals surface area contributed by atoms with E-state index in [1.54, 1.807) is 42.4 Å². The van der Waals surface area contributed by atoms with Crippen molar-refractivity contribution in [3.05, 3.63) is 59.2 Å². The fraction of sp³-hybridized carbons (Fsp3) is 0.400. The van der Waals surface area contributed by atoms with Crippen molar-refractivity contribution in [2.24, 2.45) is 0 Å². The highest BCUT2D eigenvalue weighted by Gasteiger charge is 2.28. The molecule has 1 unspecified atom stereocenters. The van der Waals surface area contributed by atoms with Gasteiger partial charge in [0.15, 0.2) is 0 Å². The van der Waals surface area contributed by atoms with Gasteiger partial charge in [-0.25, -0.2) is 8.42 Å². The Bertz CT molecular complexity index is 1160. The molecule has 176 valence electrons. The van der Waals surface area contributed by atoms with E-state index in [9.17, 15) is 13.2 Å². The maximum absolute atomic E-state index is 13.0. The Morgan fingerprint density at radius 3 is 2.61 bits per heavy atom. The molecule has 2 aliphatic rings. The summed E-state index contributed by atoms with van der Waals surface area (Å²) in [5.74, 6) is 1.37. The number of nitrogens with zero attached hydrogens (tertiary/aromatic N) is 2. The zero-order valence-electron chi connectivity index (χ0n) is 19.3. The minimum absolute atomic E-state index is 0.127. The average Bonchev–Trinajstić information content (AvgIpc) is 2.98. The van der Waals surface area contributed by atoms with E-state index in [1.807, 2.05) is 26.0 Å². The van der Waals surface area contributed by atoms with Crippen LogP contribution in [0.3, 0.4) is 0 Å². The van der Waals surface area contributed by atoms with E-state index in [4.69, 9.17) is 9.47 Å². The van der Waals surface area contributed by atoms with Crippen LogP contribution in [0.1, 0.15) is 30.0 Å². The molecular formula is C25H30N2O5S. The number of fused-ring (bicyclic) bond motifs is 1. The zero-order valence-corrected chi connectivity index (χ0v) is 20.1. The van der Waals surface area contributed by atoms with Crippen LogP contribution in [0.15, 0.2) is 47.4 Å². The SMILES string of the molecule is COc1cc2c(cc1/C=C/C(=O)N1CCCN(S(=O)(=O)c3ccc(C)cc3)CC1)OC(C)C2. The first-order chi connectivity index (χ1) is 15.8. The predicted molar refractivity (Wildman–Crippen MR) is 127 cm³/mol. The molecule has 33 heavy (non-hydrogen) atoms. The van der Waals surface area contributed by atoms with Crippen molar-refractivity contribution in [3.8, 4) is 11.5 Å². The van der Waals surface area contributed by atoms with E-state index in [-0.39, 0.29) is 23.5 Å². The van der Waals surface area contributed by atoms with Crippen molar-refractivity contribution < 1.29 is 22.7 Å². The number of benzene rings is 2. The largest absolute Gasteiger partial charge is 0.496 e. The van der Waals surface area contributed by atoms with Crippen LogP contribution in [0.4, 0.5) is 0 Å². The van der Waals surface area contributed by atoms with Crippen LogP contribution in [-0.4, -0.2) is 62.9 Å². The normalized spacial score (nSPS) is 19.2. The van der Waals surface area contributed by atoms with Crippen molar-refractivity contribution in [2.75, 3.05) is 33.3 Å². The fourth-order valence-corrected chi connectivity index (χ4v) is 5.71. The monoisotopic (exact) mass is 470 g/mol. The molecule has 1 amide bonds. The highest BCUT2D eigenvalue weighted by atomic mass is 32.2. The second-order valence-electron chi connectivity index (χ2n) is 8.56. The molecular weight excluding hydrogens is 440 g/mol. The number of rotatable bonds is 5. The van der Waals surface area contributed by atoms with Gasteiger partial charge >= 0.3 is 0 Å². The molecule has 2 aromatic carbocycles. The molecule has 0 spiro atoms. The van der Waals surface area contributed by atoms with E-state index in [1.165, 1.54) is 10.4 Å². The number of sulfonamides is 1. The standard InChI is InChI=1S/C25H30N2O5S/c1-18-5-8-22(9-6-18)33(29,30)27-12-4-11-26(13-14-27)25(28)10-7-20-16-24-21(15-19(2)32-24)17-23(20)31-3/h5-10,16-17,19H,4,11-15H2,1-3H3/b10-7+. The van der Waals surface area contributed by atoms with Gasteiger partial charge in [-0.05, 0) is 50.6 Å². The van der Waals surface area contributed by atoms with Gasteiger partial charge in [0.2, 0.25) is 15.9 Å². The molecule has 0 saturated carbocycles. The Morgan fingerprint density at radius 1 is 1.12 bits per heavy atom. The Morgan fingerprint density at radius 2 is 1.88 bits per heavy atom. The average molecular weight is 471 g/mol. The van der Waals surface area contributed by atoms with Gasteiger partial charge in [-0.1, -0.05) is 17.7 Å². The number of aryl methyl sites for hydroxylation is 1. The van der Waals surface area contributed by atoms with Gasteiger partial charge in [-0.3, -0.25) is 4.79 Å². The number of hydrogen-bond donors (Lipinski definition) is 0. The smallest absolute Gasteiger partial charge is 0.246 e. The topological polar surface area (TPSA) is 76.2 Å². The lowest BCUT2D eigenvalue weighted by atomic mass is 10.1. The summed E-state index contributed by atoms with van der Waals surface area (Å²) in [6.07, 6.45) is 4.80. The third kappa shape index (κ3) is 5.07. The maximum atomic E-state index is 13.0. The van der Waals surface area contributed by atoms with Crippen LogP contribution in [-0.2, 0) is 21.2 Å². The van der Waals surface area contributed by atoms with Gasteiger partial charge in [0.05, 0.1) is 12.0 Å². The van der Waals surface area contributed by atoms with E-state index in [0.29, 0.717) is 31.8 Å². The molecule has 0 aliphatic carbocycles. The van der Waals surface area contributed by atoms with Gasteiger partial charge in [0.1, 0.15) is 17.6 Å². The van der Waals surface area contributed by atoms with Gasteiger partial charge in [0.25, 0.3) is 0 Å². The minimum Gasteiger partial charge on any atom is -0.496 e. The third-order valence-corrected chi connectivity index (χ3v) is 7.99. The minimum atomic E-state index is -3.58. The summed E-state index contributed by atoms with van der Waals surface area (Å²) in [6, 6.07) is 10.7. The molecule has 4 rings (SSSR count). The summed E-state index contributed by atoms with van der Waals surface area (Å²) in [5.41, 5.74) is 2.89. The maximum Gasteiger partial charge on any atom is 0.246 e. The van der Waals surface area contributed by atoms with Crippen molar-refractivity contribution in [2.45, 2.75) is 37.7 Å². The molecule has 8 heteroatoms. The van der Waals surface area contributed by atoms with Gasteiger partial charge < -0.3 is 14.4 Å². The lowest BCUT2D eigenvalue weighted by molar-refractivity contribution is -0.125. The lowest BCUT2D eigenvalue weighted by Gasteiger charge is -2.21. The number of carbonyl (C=O) groups excluding carboxylic acids is 1. The number of ether oxygens (including phenoxy) is 2. The molecule has 1 fully saturated rings. The molecule has 2 aromatic rings. The molecule has 2 heterocycles. The fourth-order valence-electron chi connectivity index (χ4n) is 4.24. The van der Waals surface area contributed by atoms with Crippen molar-refractivity contribution in [3.63, 3.8) is 0 Å². The number of carbonyl (C=O) groups is 1. The summed E-state index contributed by atoms with van der Waals surface area (Å²) in [6.45, 7) is 5.45. The zero-order chi connectivity index (χ0) is 23.6. The summed E-state index contributed by atoms with van der Waals surface area (Å²) in [5, 5.41) is 0. The Hall–Kier alpha value is -2.84. The van der Waals surface area contributed by atoms with Gasteiger partial charge in [-0.15, -0.1) is 0 Å². The van der Waals surface area contributed by atoms with Crippen LogP contribution in [0.2, 0.25) is 0 Å². The highest BCUT2D eigenvalue weighted by Crippen LogP contribution is 2.35. The van der Waals surface area contributed by atoms with Crippen LogP contribution >= 0.6 is 0 Å². The van der Waals surface area contributed by atoms with Crippen molar-refractivity contribution in [1.29, 1.82) is 0 Å². The van der Waals surface area contributed by atoms with Crippen molar-refractivity contribution >= 4 is 22.0 Å². The third-order valence-electron chi connectivity index (χ3n) is 6.08. The number of amides is 1. The van der Waals surface area contributed by atoms with E-state index in [0.717, 1.165) is 28.9 Å². The molecule has 0 aromatic heterocycles. The van der Waals surface area contributed by atoms with Gasteiger partial charge in [-0.2, -0.15) is 4.31 Å². The number of methoxy groups -OCH3 is 1. The Labute approximate surface area is 195 Å². The molecule has 0 bridgehead atoms. The van der Waals surface area contributed by atoms with Gasteiger partial charge in [0, 0.05) is 49.8 Å². The van der Waals surface area contributed by atoms with Crippen LogP contribution < -0.4 is 9.47 Å². The van der Waals surface area contributed by atoms with Crippen LogP contribution in [0.5, 0.6) is 11.5 Å². The molecule has 0 N–H and O–H groups in total. The molecule has 1 saturated heterocycles. The first-order valence-corrected chi connectivity index (χ1v) is 12.6. The second-order valence-corrected chi connectivity index (χ2v) is 10.5. The molecule has 1 atom stereocenters. The Balaban J connectivity index is 1.44. The highest BCUT2D eigenvalue weighted by molar-refractivity contribution is 7.89. The molecule has 7 nitrogen and oxygen atoms in total. The van der Waals surface area contributed by atoms with E-state index >= 15 is 0 Å². The van der Waals surface area contributed by atoms with E-state index < -0.39 is 10.0 Å². The summed E-state index contributed by atoms with van der Waals surface area (Å²) in [4.78, 5) is 14.9. The summed E-state index contributed by atoms with van der Waals surface area (Å²) in [7, 11) is -1.97. The second kappa shape index (κ2) is 9.57. The number of hydrogen-bond acceptors (Lipinski definition) is 5. The first-order valence-electron chi connectivity index (χ1n) is 11.2. The van der Waals surface area contributed by atoms with E-state index in [2.05, 4.69) is 0 Å². The molecule has 0 radical (unpaired) electrons. The predicted octanol–water partition coefficient (Wildman–Crippen LogP) is 3.26. The summed E-state index contributed by atoms with van der Waals surface area (Å²) < 4.78 is 38.8. The Kier molecular flexibility index (Phi) is 6.76. The summed E-state index contributed by atoms with van der Waals surface area (Å²) >= 11 is 0. The lowest BCUT2D eigenvalue weighted by Crippen LogP contribution is -2.36. The van der Waals surface area contributed by atoms with Crippen LogP contribution in [0, 0.1) is 6.92 Å². The molecule has 2 aliphatic heterocycles. The quantitative estimate of drug-likeness (QED) is 0.627. The first kappa shape index (κ1) is 23.3.